The van der Waals surface area contributed by atoms with Crippen LogP contribution in [0.25, 0.3) is 33.5 Å². The van der Waals surface area contributed by atoms with E-state index in [1.807, 2.05) is 72.8 Å². The van der Waals surface area contributed by atoms with E-state index in [1.165, 1.54) is 25.3 Å². The van der Waals surface area contributed by atoms with Gasteiger partial charge in [0.25, 0.3) is 0 Å². The van der Waals surface area contributed by atoms with Crippen molar-refractivity contribution in [3.05, 3.63) is 114 Å². The Hall–Kier alpha value is -4.88. The molecule has 1 aliphatic rings. The van der Waals surface area contributed by atoms with Gasteiger partial charge in [-0.2, -0.15) is 0 Å². The van der Waals surface area contributed by atoms with E-state index in [1.54, 1.807) is 12.1 Å². The van der Waals surface area contributed by atoms with Gasteiger partial charge < -0.3 is 19.7 Å². The average molecular weight is 606 g/mol. The van der Waals surface area contributed by atoms with Gasteiger partial charge in [0.1, 0.15) is 18.2 Å². The van der Waals surface area contributed by atoms with E-state index < -0.39 is 5.97 Å². The van der Waals surface area contributed by atoms with Crippen molar-refractivity contribution < 1.29 is 19.4 Å². The third-order valence-electron chi connectivity index (χ3n) is 8.10. The van der Waals surface area contributed by atoms with E-state index in [-0.39, 0.29) is 18.1 Å². The number of hydrogen-bond donors (Lipinski definition) is 2. The Morgan fingerprint density at radius 3 is 2.39 bits per heavy atom. The number of nitrogens with one attached hydrogen (secondary N) is 1. The molecule has 1 aliphatic carbocycles. The van der Waals surface area contributed by atoms with Gasteiger partial charge in [-0.05, 0) is 102 Å². The van der Waals surface area contributed by atoms with Crippen LogP contribution in [-0.2, 0) is 11.4 Å². The van der Waals surface area contributed by atoms with Gasteiger partial charge in [0, 0.05) is 22.3 Å². The number of carbonyl (C=O) groups excluding carboxylic acids is 1. The summed E-state index contributed by atoms with van der Waals surface area (Å²) in [5.41, 5.74) is 6.30. The predicted molar refractivity (Wildman–Crippen MR) is 174 cm³/mol. The molecule has 5 aromatic rings. The number of fused-ring (bicyclic) bond motifs is 1. The fraction of sp³-hybridized carbons (Fsp3) is 0.194. The van der Waals surface area contributed by atoms with Crippen LogP contribution in [0.2, 0.25) is 5.02 Å². The van der Waals surface area contributed by atoms with Gasteiger partial charge in [0.2, 0.25) is 5.91 Å². The lowest BCUT2D eigenvalue weighted by molar-refractivity contribution is -0.111. The molecule has 6 rings (SSSR count). The number of anilines is 1. The summed E-state index contributed by atoms with van der Waals surface area (Å²) in [4.78, 5) is 28.5. The quantitative estimate of drug-likeness (QED) is 0.164. The fourth-order valence-corrected chi connectivity index (χ4v) is 6.03. The smallest absolute Gasteiger partial charge is 0.335 e. The third kappa shape index (κ3) is 6.24. The van der Waals surface area contributed by atoms with Crippen molar-refractivity contribution in [2.75, 3.05) is 5.32 Å². The molecule has 7 nitrogen and oxygen atoms in total. The summed E-state index contributed by atoms with van der Waals surface area (Å²) in [6.07, 6.45) is 6.95. The molecule has 1 saturated carbocycles. The maximum absolute atomic E-state index is 11.9. The zero-order valence-electron chi connectivity index (χ0n) is 24.1. The number of imidazole rings is 1. The number of halogens is 1. The minimum Gasteiger partial charge on any atom is -0.489 e. The molecule has 0 bridgehead atoms. The van der Waals surface area contributed by atoms with E-state index in [4.69, 9.17) is 21.3 Å². The van der Waals surface area contributed by atoms with Crippen LogP contribution < -0.4 is 10.1 Å². The maximum atomic E-state index is 11.9. The van der Waals surface area contributed by atoms with Crippen LogP contribution in [-0.4, -0.2) is 26.5 Å². The Labute approximate surface area is 260 Å². The number of aromatic nitrogens is 2. The number of ether oxygens (including phenoxy) is 1. The lowest BCUT2D eigenvalue weighted by Crippen LogP contribution is -2.14. The van der Waals surface area contributed by atoms with Gasteiger partial charge in [0.05, 0.1) is 16.6 Å². The summed E-state index contributed by atoms with van der Waals surface area (Å²) in [5, 5.41) is 13.0. The number of carboxylic acids is 1. The molecule has 44 heavy (non-hydrogen) atoms. The predicted octanol–water partition coefficient (Wildman–Crippen LogP) is 8.93. The first-order chi connectivity index (χ1) is 21.4. The van der Waals surface area contributed by atoms with E-state index in [0.717, 1.165) is 46.4 Å². The molecule has 1 aromatic heterocycles. The first-order valence-corrected chi connectivity index (χ1v) is 15.1. The van der Waals surface area contributed by atoms with Crippen LogP contribution >= 0.6 is 11.6 Å². The van der Waals surface area contributed by atoms with Gasteiger partial charge >= 0.3 is 5.97 Å². The standard InChI is InChI=1S/C36H32ClN3O4/c1-2-34(41)38-28-15-18-31(23-8-13-27(37)14-9-23)26(20-28)22-44-30-16-10-24(11-17-30)35-39-32-21-25(36(42)43)12-19-33(32)40(35)29-6-4-3-5-7-29/h2,8-21,29H,1,3-7,22H2,(H,38,41)(H,42,43). The number of amides is 1. The normalized spacial score (nSPS) is 13.5. The van der Waals surface area contributed by atoms with Gasteiger partial charge in [-0.25, -0.2) is 9.78 Å². The molecule has 0 saturated heterocycles. The molecule has 0 atom stereocenters. The average Bonchev–Trinajstić information content (AvgIpc) is 3.44. The zero-order valence-corrected chi connectivity index (χ0v) is 24.9. The van der Waals surface area contributed by atoms with Gasteiger partial charge in [0.15, 0.2) is 0 Å². The molecule has 2 N–H and O–H groups in total. The van der Waals surface area contributed by atoms with Gasteiger partial charge in [-0.1, -0.05) is 55.6 Å². The van der Waals surface area contributed by atoms with Crippen LogP contribution in [0.1, 0.15) is 54.1 Å². The second-order valence-corrected chi connectivity index (χ2v) is 11.4. The molecule has 1 heterocycles. The van der Waals surface area contributed by atoms with Crippen molar-refractivity contribution in [2.45, 2.75) is 44.8 Å². The first kappa shape index (κ1) is 29.2. The third-order valence-corrected chi connectivity index (χ3v) is 8.35. The number of carboxylic acid groups (broad SMARTS) is 1. The number of aromatic carboxylic acids is 1. The van der Waals surface area contributed by atoms with E-state index in [2.05, 4.69) is 16.5 Å². The summed E-state index contributed by atoms with van der Waals surface area (Å²) >= 11 is 6.12. The molecule has 1 fully saturated rings. The van der Waals surface area contributed by atoms with Crippen LogP contribution in [0.3, 0.4) is 0 Å². The Bertz CT molecular complexity index is 1840. The van der Waals surface area contributed by atoms with Gasteiger partial charge in [-0.15, -0.1) is 0 Å². The lowest BCUT2D eigenvalue weighted by atomic mass is 9.95. The lowest BCUT2D eigenvalue weighted by Gasteiger charge is -2.25. The van der Waals surface area contributed by atoms with Crippen molar-refractivity contribution in [1.82, 2.24) is 9.55 Å². The molecule has 0 radical (unpaired) electrons. The topological polar surface area (TPSA) is 93.4 Å². The molecule has 1 amide bonds. The van der Waals surface area contributed by atoms with Crippen LogP contribution in [0, 0.1) is 0 Å². The summed E-state index contributed by atoms with van der Waals surface area (Å²) in [7, 11) is 0. The maximum Gasteiger partial charge on any atom is 0.335 e. The fourth-order valence-electron chi connectivity index (χ4n) is 5.90. The largest absolute Gasteiger partial charge is 0.489 e. The van der Waals surface area contributed by atoms with E-state index in [0.29, 0.717) is 28.0 Å². The minimum atomic E-state index is -0.963. The number of rotatable bonds is 9. The van der Waals surface area contributed by atoms with E-state index in [9.17, 15) is 14.7 Å². The highest BCUT2D eigenvalue weighted by atomic mass is 35.5. The molecule has 222 valence electrons. The highest BCUT2D eigenvalue weighted by Gasteiger charge is 2.23. The number of nitrogens with zero attached hydrogens (tertiary/aromatic N) is 2. The molecular formula is C36H32ClN3O4. The molecule has 0 unspecified atom stereocenters. The molecule has 0 spiro atoms. The zero-order chi connectivity index (χ0) is 30.6. The molecule has 4 aromatic carbocycles. The Morgan fingerprint density at radius 1 is 0.955 bits per heavy atom. The van der Waals surface area contributed by atoms with Crippen molar-refractivity contribution in [3.63, 3.8) is 0 Å². The van der Waals surface area contributed by atoms with Gasteiger partial charge in [-0.3, -0.25) is 4.79 Å². The number of benzene rings is 4. The van der Waals surface area contributed by atoms with Crippen molar-refractivity contribution in [3.8, 4) is 28.3 Å². The Balaban J connectivity index is 1.29. The molecule has 0 aliphatic heterocycles. The number of carbonyl (C=O) groups is 2. The van der Waals surface area contributed by atoms with Crippen molar-refractivity contribution in [2.24, 2.45) is 0 Å². The highest BCUT2D eigenvalue weighted by molar-refractivity contribution is 6.30. The summed E-state index contributed by atoms with van der Waals surface area (Å²) in [6, 6.07) is 26.6. The summed E-state index contributed by atoms with van der Waals surface area (Å²) < 4.78 is 8.54. The molecular weight excluding hydrogens is 574 g/mol. The van der Waals surface area contributed by atoms with E-state index >= 15 is 0 Å². The number of hydrogen-bond acceptors (Lipinski definition) is 4. The van der Waals surface area contributed by atoms with Crippen LogP contribution in [0.5, 0.6) is 5.75 Å². The Morgan fingerprint density at radius 2 is 1.68 bits per heavy atom. The molecule has 8 heteroatoms. The monoisotopic (exact) mass is 605 g/mol. The summed E-state index contributed by atoms with van der Waals surface area (Å²) in [6.45, 7) is 3.81. The van der Waals surface area contributed by atoms with Crippen LogP contribution in [0.15, 0.2) is 97.6 Å². The second kappa shape index (κ2) is 12.8. The minimum absolute atomic E-state index is 0.229. The second-order valence-electron chi connectivity index (χ2n) is 11.0. The summed E-state index contributed by atoms with van der Waals surface area (Å²) in [5.74, 6) is 0.265. The SMILES string of the molecule is C=CC(=O)Nc1ccc(-c2ccc(Cl)cc2)c(COc2ccc(-c3nc4cc(C(=O)O)ccc4n3C3CCCCC3)cc2)c1. The Kier molecular flexibility index (Phi) is 8.48. The first-order valence-electron chi connectivity index (χ1n) is 14.7. The van der Waals surface area contributed by atoms with Crippen LogP contribution in [0.4, 0.5) is 5.69 Å². The van der Waals surface area contributed by atoms with Crippen molar-refractivity contribution >= 4 is 40.2 Å². The highest BCUT2D eigenvalue weighted by Crippen LogP contribution is 2.37. The van der Waals surface area contributed by atoms with Crippen molar-refractivity contribution in [1.29, 1.82) is 0 Å².